The number of hydrogen-bond donors (Lipinski definition) is 1. The minimum atomic E-state index is -1.05. The molecule has 35 heavy (non-hydrogen) atoms. The lowest BCUT2D eigenvalue weighted by Crippen LogP contribution is -2.50. The summed E-state index contributed by atoms with van der Waals surface area (Å²) in [5.74, 6) is 0.981. The van der Waals surface area contributed by atoms with Crippen molar-refractivity contribution in [1.29, 1.82) is 0 Å². The third-order valence-corrected chi connectivity index (χ3v) is 5.15. The summed E-state index contributed by atoms with van der Waals surface area (Å²) in [7, 11) is 0. The molecular weight excluding hydrogens is 448 g/mol. The van der Waals surface area contributed by atoms with Crippen molar-refractivity contribution in [2.75, 3.05) is 4.90 Å². The number of nitrogens with one attached hydrogen (secondary N) is 1. The van der Waals surface area contributed by atoms with Crippen molar-refractivity contribution < 1.29 is 18.4 Å². The molecule has 0 fully saturated rings. The quantitative estimate of drug-likeness (QED) is 0.430. The summed E-state index contributed by atoms with van der Waals surface area (Å²) >= 11 is 0. The Morgan fingerprint density at radius 1 is 1.09 bits per heavy atom. The molecular formula is C25H28N6O4. The molecule has 0 saturated heterocycles. The second-order valence-corrected chi connectivity index (χ2v) is 9.26. The first-order chi connectivity index (χ1) is 16.6. The normalized spacial score (nSPS) is 12.4. The average molecular weight is 477 g/mol. The summed E-state index contributed by atoms with van der Waals surface area (Å²) in [6.45, 7) is 9.07. The topological polar surface area (TPSA) is 119 Å². The molecule has 0 bridgehead atoms. The summed E-state index contributed by atoms with van der Waals surface area (Å²) in [5.41, 5.74) is 0.871. The van der Waals surface area contributed by atoms with E-state index in [1.165, 1.54) is 16.0 Å². The van der Waals surface area contributed by atoms with Gasteiger partial charge in [-0.2, -0.15) is 4.80 Å². The number of benzene rings is 1. The van der Waals surface area contributed by atoms with E-state index in [1.54, 1.807) is 30.3 Å². The van der Waals surface area contributed by atoms with Crippen LogP contribution < -0.4 is 10.2 Å². The zero-order chi connectivity index (χ0) is 25.2. The van der Waals surface area contributed by atoms with E-state index < -0.39 is 17.5 Å². The predicted molar refractivity (Wildman–Crippen MR) is 128 cm³/mol. The Hall–Kier alpha value is -4.21. The van der Waals surface area contributed by atoms with E-state index in [9.17, 15) is 9.59 Å². The van der Waals surface area contributed by atoms with Gasteiger partial charge < -0.3 is 14.2 Å². The van der Waals surface area contributed by atoms with Gasteiger partial charge in [0.1, 0.15) is 18.1 Å². The average Bonchev–Trinajstić information content (AvgIpc) is 3.53. The minimum Gasteiger partial charge on any atom is -0.467 e. The molecule has 0 aliphatic carbocycles. The third kappa shape index (κ3) is 5.48. The van der Waals surface area contributed by atoms with Crippen LogP contribution in [0.4, 0.5) is 5.69 Å². The van der Waals surface area contributed by atoms with E-state index in [2.05, 4.69) is 20.7 Å². The van der Waals surface area contributed by atoms with Gasteiger partial charge >= 0.3 is 0 Å². The maximum atomic E-state index is 13.8. The molecule has 1 N–H and O–H groups in total. The smallest absolute Gasteiger partial charge is 0.251 e. The van der Waals surface area contributed by atoms with Crippen molar-refractivity contribution in [2.24, 2.45) is 0 Å². The molecule has 0 spiro atoms. The highest BCUT2D eigenvalue weighted by Crippen LogP contribution is 2.31. The lowest BCUT2D eigenvalue weighted by molar-refractivity contribution is -0.128. The molecule has 0 aliphatic heterocycles. The van der Waals surface area contributed by atoms with Crippen molar-refractivity contribution in [1.82, 2.24) is 25.5 Å². The van der Waals surface area contributed by atoms with Gasteiger partial charge in [0.25, 0.3) is 11.8 Å². The molecule has 10 nitrogen and oxygen atoms in total. The van der Waals surface area contributed by atoms with Crippen LogP contribution in [0.3, 0.4) is 0 Å². The molecule has 4 aromatic rings. The van der Waals surface area contributed by atoms with Crippen molar-refractivity contribution in [3.63, 3.8) is 0 Å². The summed E-state index contributed by atoms with van der Waals surface area (Å²) in [4.78, 5) is 29.9. The van der Waals surface area contributed by atoms with Crippen LogP contribution in [-0.2, 0) is 16.1 Å². The number of tetrazole rings is 1. The Labute approximate surface area is 202 Å². The monoisotopic (exact) mass is 476 g/mol. The van der Waals surface area contributed by atoms with Gasteiger partial charge in [-0.1, -0.05) is 18.2 Å². The van der Waals surface area contributed by atoms with Gasteiger partial charge in [-0.3, -0.25) is 14.5 Å². The van der Waals surface area contributed by atoms with Crippen LogP contribution in [-0.4, -0.2) is 37.6 Å². The highest BCUT2D eigenvalue weighted by molar-refractivity contribution is 6.01. The van der Waals surface area contributed by atoms with Gasteiger partial charge in [0.15, 0.2) is 11.8 Å². The van der Waals surface area contributed by atoms with E-state index in [0.717, 1.165) is 5.56 Å². The van der Waals surface area contributed by atoms with E-state index in [0.29, 0.717) is 23.0 Å². The lowest BCUT2D eigenvalue weighted by Gasteiger charge is -2.33. The van der Waals surface area contributed by atoms with Crippen molar-refractivity contribution in [3.05, 3.63) is 71.9 Å². The maximum absolute atomic E-state index is 13.8. The molecule has 0 radical (unpaired) electrons. The van der Waals surface area contributed by atoms with Crippen LogP contribution in [0.15, 0.2) is 63.6 Å². The van der Waals surface area contributed by atoms with E-state index in [4.69, 9.17) is 8.83 Å². The molecule has 2 amide bonds. The largest absolute Gasteiger partial charge is 0.467 e. The number of aryl methyl sites for hydroxylation is 2. The second kappa shape index (κ2) is 9.57. The standard InChI is InChI=1S/C25H28N6O4/c1-16-9-6-7-10-18(16)31(22(19-11-8-14-34-19)24(33)26-25(3,4)5)21(32)15-30-28-23(27-29-30)20-13-12-17(2)35-20/h6-14,22H,15H2,1-5H3,(H,26,33)/t22-/m1/s1. The molecule has 0 aliphatic rings. The fraction of sp³-hybridized carbons (Fsp3) is 0.320. The number of furan rings is 2. The fourth-order valence-electron chi connectivity index (χ4n) is 3.67. The number of carbonyl (C=O) groups is 2. The number of carbonyl (C=O) groups excluding carboxylic acids is 2. The Kier molecular flexibility index (Phi) is 6.54. The van der Waals surface area contributed by atoms with Gasteiger partial charge in [-0.25, -0.2) is 0 Å². The zero-order valence-corrected chi connectivity index (χ0v) is 20.3. The van der Waals surface area contributed by atoms with E-state index in [-0.39, 0.29) is 18.3 Å². The van der Waals surface area contributed by atoms with Crippen molar-refractivity contribution >= 4 is 17.5 Å². The van der Waals surface area contributed by atoms with E-state index in [1.807, 2.05) is 52.8 Å². The first-order valence-electron chi connectivity index (χ1n) is 11.2. The van der Waals surface area contributed by atoms with Gasteiger partial charge in [-0.05, 0) is 75.7 Å². The Morgan fingerprint density at radius 2 is 1.86 bits per heavy atom. The summed E-state index contributed by atoms with van der Waals surface area (Å²) in [5, 5.41) is 15.3. The number of aromatic nitrogens is 4. The second-order valence-electron chi connectivity index (χ2n) is 9.26. The van der Waals surface area contributed by atoms with Gasteiger partial charge in [0.2, 0.25) is 5.82 Å². The Balaban J connectivity index is 1.72. The first-order valence-corrected chi connectivity index (χ1v) is 11.2. The maximum Gasteiger partial charge on any atom is 0.251 e. The van der Waals surface area contributed by atoms with Crippen LogP contribution in [0.2, 0.25) is 0 Å². The number of hydrogen-bond acceptors (Lipinski definition) is 7. The number of nitrogens with zero attached hydrogens (tertiary/aromatic N) is 5. The molecule has 3 heterocycles. The summed E-state index contributed by atoms with van der Waals surface area (Å²) in [6.07, 6.45) is 1.48. The first kappa shape index (κ1) is 23.9. The number of anilines is 1. The predicted octanol–water partition coefficient (Wildman–Crippen LogP) is 3.83. The SMILES string of the molecule is Cc1ccc(-c2nnn(CC(=O)N(c3ccccc3C)[C@@H](C(=O)NC(C)(C)C)c3ccco3)n2)o1. The summed E-state index contributed by atoms with van der Waals surface area (Å²) < 4.78 is 11.2. The Morgan fingerprint density at radius 3 is 2.49 bits per heavy atom. The van der Waals surface area contributed by atoms with Crippen molar-refractivity contribution in [3.8, 4) is 11.6 Å². The highest BCUT2D eigenvalue weighted by Gasteiger charge is 2.37. The molecule has 4 rings (SSSR count). The molecule has 10 heteroatoms. The van der Waals surface area contributed by atoms with Crippen LogP contribution in [0, 0.1) is 13.8 Å². The minimum absolute atomic E-state index is 0.249. The van der Waals surface area contributed by atoms with E-state index >= 15 is 0 Å². The molecule has 0 saturated carbocycles. The number of amides is 2. The molecule has 1 atom stereocenters. The van der Waals surface area contributed by atoms with Crippen LogP contribution in [0.25, 0.3) is 11.6 Å². The summed E-state index contributed by atoms with van der Waals surface area (Å²) in [6, 6.07) is 13.2. The number of para-hydroxylation sites is 1. The van der Waals surface area contributed by atoms with Gasteiger partial charge in [-0.15, -0.1) is 10.2 Å². The van der Waals surface area contributed by atoms with Gasteiger partial charge in [0, 0.05) is 11.2 Å². The fourth-order valence-corrected chi connectivity index (χ4v) is 3.67. The zero-order valence-electron chi connectivity index (χ0n) is 20.3. The van der Waals surface area contributed by atoms with Crippen molar-refractivity contribution in [2.45, 2.75) is 52.7 Å². The lowest BCUT2D eigenvalue weighted by atomic mass is 10.0. The molecule has 0 unspecified atom stereocenters. The molecule has 1 aromatic carbocycles. The Bertz CT molecular complexity index is 1320. The van der Waals surface area contributed by atoms with Crippen LogP contribution in [0.5, 0.6) is 0 Å². The molecule has 182 valence electrons. The third-order valence-electron chi connectivity index (χ3n) is 5.15. The van der Waals surface area contributed by atoms with Crippen LogP contribution >= 0.6 is 0 Å². The van der Waals surface area contributed by atoms with Gasteiger partial charge in [0.05, 0.1) is 6.26 Å². The van der Waals surface area contributed by atoms with Crippen LogP contribution in [0.1, 0.15) is 43.9 Å². The highest BCUT2D eigenvalue weighted by atomic mass is 16.3. The number of rotatable bonds is 7. The molecule has 3 aromatic heterocycles.